The third-order valence-corrected chi connectivity index (χ3v) is 6.07. The minimum Gasteiger partial charge on any atom is -0.481 e. The molecule has 1 aliphatic carbocycles. The fourth-order valence-electron chi connectivity index (χ4n) is 3.12. The molecule has 0 amide bonds. The van der Waals surface area contributed by atoms with Gasteiger partial charge in [-0.05, 0) is 25.7 Å². The van der Waals surface area contributed by atoms with Crippen LogP contribution in [0.4, 0.5) is 0 Å². The van der Waals surface area contributed by atoms with Crippen LogP contribution in [0, 0.1) is 5.41 Å². The van der Waals surface area contributed by atoms with Crippen LogP contribution in [0.25, 0.3) is 0 Å². The average Bonchev–Trinajstić information content (AvgIpc) is 2.71. The second-order valence-corrected chi connectivity index (χ2v) is 7.69. The second kappa shape index (κ2) is 6.41. The predicted molar refractivity (Wildman–Crippen MR) is 75.5 cm³/mol. The molecule has 1 saturated heterocycles. The van der Waals surface area contributed by atoms with Crippen LogP contribution in [0.3, 0.4) is 0 Å². The third-order valence-electron chi connectivity index (χ3n) is 4.51. The van der Waals surface area contributed by atoms with Crippen molar-refractivity contribution >= 4 is 16.2 Å². The Morgan fingerprint density at radius 3 is 2.10 bits per heavy atom. The summed E-state index contributed by atoms with van der Waals surface area (Å²) in [5.41, 5.74) is -0.904. The number of hydrogen-bond donors (Lipinski definition) is 2. The number of rotatable bonds is 5. The van der Waals surface area contributed by atoms with Crippen LogP contribution in [0.15, 0.2) is 0 Å². The van der Waals surface area contributed by atoms with Gasteiger partial charge in [0.25, 0.3) is 10.2 Å². The summed E-state index contributed by atoms with van der Waals surface area (Å²) in [5, 5.41) is 9.37. The van der Waals surface area contributed by atoms with Crippen molar-refractivity contribution in [2.24, 2.45) is 5.41 Å². The highest BCUT2D eigenvalue weighted by Gasteiger charge is 2.42. The first-order chi connectivity index (χ1) is 9.46. The molecular formula is C13H24N2O4S. The summed E-state index contributed by atoms with van der Waals surface area (Å²) >= 11 is 0. The topological polar surface area (TPSA) is 86.7 Å². The number of nitrogens with zero attached hydrogens (tertiary/aromatic N) is 1. The van der Waals surface area contributed by atoms with Crippen molar-refractivity contribution in [2.75, 3.05) is 19.6 Å². The zero-order chi connectivity index (χ0) is 14.6. The predicted octanol–water partition coefficient (Wildman–Crippen LogP) is 1.34. The standard InChI is InChI=1S/C13H24N2O4S/c16-12(17)13(7-3-4-8-13)11-14-20(18,19)15-9-5-1-2-6-10-15/h14H,1-11H2,(H,16,17). The van der Waals surface area contributed by atoms with E-state index in [0.29, 0.717) is 25.9 Å². The van der Waals surface area contributed by atoms with E-state index in [9.17, 15) is 18.3 Å². The first-order valence-electron chi connectivity index (χ1n) is 7.44. The number of hydrogen-bond acceptors (Lipinski definition) is 3. The maximum Gasteiger partial charge on any atom is 0.310 e. The van der Waals surface area contributed by atoms with Crippen LogP contribution in [0.5, 0.6) is 0 Å². The van der Waals surface area contributed by atoms with Crippen molar-refractivity contribution in [1.29, 1.82) is 0 Å². The van der Waals surface area contributed by atoms with Gasteiger partial charge in [0.15, 0.2) is 0 Å². The summed E-state index contributed by atoms with van der Waals surface area (Å²) in [5.74, 6) is -0.881. The molecule has 7 heteroatoms. The lowest BCUT2D eigenvalue weighted by Gasteiger charge is -2.26. The molecule has 1 aliphatic heterocycles. The van der Waals surface area contributed by atoms with Crippen molar-refractivity contribution in [1.82, 2.24) is 9.03 Å². The number of aliphatic carboxylic acids is 1. The molecule has 0 spiro atoms. The highest BCUT2D eigenvalue weighted by molar-refractivity contribution is 7.87. The summed E-state index contributed by atoms with van der Waals surface area (Å²) in [6.07, 6.45) is 6.72. The van der Waals surface area contributed by atoms with E-state index in [-0.39, 0.29) is 6.54 Å². The minimum atomic E-state index is -3.55. The van der Waals surface area contributed by atoms with Gasteiger partial charge in [0.1, 0.15) is 0 Å². The number of nitrogens with one attached hydrogen (secondary N) is 1. The number of carboxylic acids is 1. The maximum atomic E-state index is 12.3. The summed E-state index contributed by atoms with van der Waals surface area (Å²) in [4.78, 5) is 11.4. The number of carboxylic acid groups (broad SMARTS) is 1. The minimum absolute atomic E-state index is 0.0150. The Bertz CT molecular complexity index is 435. The molecule has 0 aromatic rings. The molecule has 20 heavy (non-hydrogen) atoms. The SMILES string of the molecule is O=C(O)C1(CNS(=O)(=O)N2CCCCCC2)CCCC1. The normalized spacial score (nSPS) is 24.4. The Morgan fingerprint density at radius 2 is 1.60 bits per heavy atom. The van der Waals surface area contributed by atoms with Crippen LogP contribution in [0.1, 0.15) is 51.4 Å². The van der Waals surface area contributed by atoms with Gasteiger partial charge < -0.3 is 5.11 Å². The van der Waals surface area contributed by atoms with Gasteiger partial charge in [-0.3, -0.25) is 4.79 Å². The van der Waals surface area contributed by atoms with E-state index >= 15 is 0 Å². The Labute approximate surface area is 120 Å². The molecule has 0 radical (unpaired) electrons. The Morgan fingerprint density at radius 1 is 1.05 bits per heavy atom. The highest BCUT2D eigenvalue weighted by Crippen LogP contribution is 2.38. The molecule has 6 nitrogen and oxygen atoms in total. The first-order valence-corrected chi connectivity index (χ1v) is 8.88. The zero-order valence-corrected chi connectivity index (χ0v) is 12.6. The van der Waals surface area contributed by atoms with E-state index in [1.165, 1.54) is 4.31 Å². The van der Waals surface area contributed by atoms with Gasteiger partial charge in [0.2, 0.25) is 0 Å². The molecule has 2 fully saturated rings. The third kappa shape index (κ3) is 3.51. The molecule has 1 heterocycles. The quantitative estimate of drug-likeness (QED) is 0.802. The molecule has 0 unspecified atom stereocenters. The van der Waals surface area contributed by atoms with Crippen LogP contribution >= 0.6 is 0 Å². The first kappa shape index (κ1) is 15.7. The van der Waals surface area contributed by atoms with Crippen LogP contribution in [0.2, 0.25) is 0 Å². The van der Waals surface area contributed by atoms with Crippen molar-refractivity contribution in [3.8, 4) is 0 Å². The summed E-state index contributed by atoms with van der Waals surface area (Å²) in [6, 6.07) is 0. The van der Waals surface area contributed by atoms with Crippen LogP contribution in [-0.2, 0) is 15.0 Å². The smallest absolute Gasteiger partial charge is 0.310 e. The fourth-order valence-corrected chi connectivity index (χ4v) is 4.50. The zero-order valence-electron chi connectivity index (χ0n) is 11.8. The molecule has 2 rings (SSSR count). The lowest BCUT2D eigenvalue weighted by Crippen LogP contribution is -2.47. The Balaban J connectivity index is 1.99. The van der Waals surface area contributed by atoms with Crippen molar-refractivity contribution in [3.63, 3.8) is 0 Å². The van der Waals surface area contributed by atoms with Gasteiger partial charge in [-0.25, -0.2) is 4.72 Å². The Hall–Kier alpha value is -0.660. The number of carbonyl (C=O) groups is 1. The second-order valence-electron chi connectivity index (χ2n) is 5.93. The average molecular weight is 304 g/mol. The van der Waals surface area contributed by atoms with Gasteiger partial charge >= 0.3 is 5.97 Å². The molecule has 0 aromatic heterocycles. The summed E-state index contributed by atoms with van der Waals surface area (Å²) < 4.78 is 28.6. The molecule has 1 saturated carbocycles. The van der Waals surface area contributed by atoms with E-state index in [1.807, 2.05) is 0 Å². The molecule has 0 aromatic carbocycles. The van der Waals surface area contributed by atoms with Crippen molar-refractivity contribution in [2.45, 2.75) is 51.4 Å². The molecule has 116 valence electrons. The highest BCUT2D eigenvalue weighted by atomic mass is 32.2. The molecular weight excluding hydrogens is 280 g/mol. The van der Waals surface area contributed by atoms with Gasteiger partial charge in [-0.1, -0.05) is 25.7 Å². The molecule has 0 bridgehead atoms. The Kier molecular flexibility index (Phi) is 5.04. The van der Waals surface area contributed by atoms with E-state index in [0.717, 1.165) is 38.5 Å². The summed E-state index contributed by atoms with van der Waals surface area (Å²) in [7, 11) is -3.55. The van der Waals surface area contributed by atoms with Gasteiger partial charge in [0, 0.05) is 19.6 Å². The van der Waals surface area contributed by atoms with E-state index in [1.54, 1.807) is 0 Å². The summed E-state index contributed by atoms with van der Waals surface area (Å²) in [6.45, 7) is 1.09. The van der Waals surface area contributed by atoms with Crippen LogP contribution in [-0.4, -0.2) is 43.4 Å². The van der Waals surface area contributed by atoms with Crippen molar-refractivity contribution < 1.29 is 18.3 Å². The molecule has 0 atom stereocenters. The largest absolute Gasteiger partial charge is 0.481 e. The molecule has 2 aliphatic rings. The van der Waals surface area contributed by atoms with Crippen LogP contribution < -0.4 is 4.72 Å². The maximum absolute atomic E-state index is 12.3. The van der Waals surface area contributed by atoms with Crippen molar-refractivity contribution in [3.05, 3.63) is 0 Å². The fraction of sp³-hybridized carbons (Fsp3) is 0.923. The monoisotopic (exact) mass is 304 g/mol. The van der Waals surface area contributed by atoms with E-state index in [4.69, 9.17) is 0 Å². The van der Waals surface area contributed by atoms with E-state index < -0.39 is 21.6 Å². The lowest BCUT2D eigenvalue weighted by molar-refractivity contribution is -0.148. The lowest BCUT2D eigenvalue weighted by atomic mass is 9.87. The molecule has 2 N–H and O–H groups in total. The van der Waals surface area contributed by atoms with E-state index in [2.05, 4.69) is 4.72 Å². The van der Waals surface area contributed by atoms with Gasteiger partial charge in [0.05, 0.1) is 5.41 Å². The van der Waals surface area contributed by atoms with Gasteiger partial charge in [-0.2, -0.15) is 12.7 Å². The van der Waals surface area contributed by atoms with Gasteiger partial charge in [-0.15, -0.1) is 0 Å².